The summed E-state index contributed by atoms with van der Waals surface area (Å²) in [6, 6.07) is 6.46. The standard InChI is InChI=1S/C11H11BrN2O3S/c1-11(9(15)13-10(16)14-11)6-18(17)8-4-2-7(12)3-5-8/h2-5H,6H2,1H3,(H2,13,14,15,16). The summed E-state index contributed by atoms with van der Waals surface area (Å²) in [4.78, 5) is 23.3. The van der Waals surface area contributed by atoms with Crippen LogP contribution >= 0.6 is 15.9 Å². The molecule has 1 aliphatic rings. The summed E-state index contributed by atoms with van der Waals surface area (Å²) in [5.41, 5.74) is -1.12. The Bertz CT molecular complexity index is 494. The van der Waals surface area contributed by atoms with E-state index in [1.165, 1.54) is 0 Å². The van der Waals surface area contributed by atoms with Crippen LogP contribution in [0.3, 0.4) is 0 Å². The van der Waals surface area contributed by atoms with Crippen molar-refractivity contribution in [1.82, 2.24) is 10.6 Å². The molecule has 2 N–H and O–H groups in total. The number of hydrogen-bond acceptors (Lipinski definition) is 3. The van der Waals surface area contributed by atoms with Gasteiger partial charge >= 0.3 is 6.03 Å². The molecule has 1 aromatic rings. The van der Waals surface area contributed by atoms with Crippen LogP contribution in [0.1, 0.15) is 6.92 Å². The number of halogens is 1. The largest absolute Gasteiger partial charge is 0.611 e. The zero-order chi connectivity index (χ0) is 13.3. The number of amides is 3. The quantitative estimate of drug-likeness (QED) is 0.644. The highest BCUT2D eigenvalue weighted by Crippen LogP contribution is 2.21. The van der Waals surface area contributed by atoms with Gasteiger partial charge in [-0.1, -0.05) is 15.9 Å². The van der Waals surface area contributed by atoms with Gasteiger partial charge in [-0.05, 0) is 42.4 Å². The highest BCUT2D eigenvalue weighted by molar-refractivity contribution is 9.10. The third kappa shape index (κ3) is 2.68. The average molecular weight is 331 g/mol. The van der Waals surface area contributed by atoms with Crippen LogP contribution in [0.2, 0.25) is 0 Å². The molecule has 0 spiro atoms. The highest BCUT2D eigenvalue weighted by Gasteiger charge is 2.45. The molecule has 3 amide bonds. The number of carbonyl (C=O) groups is 2. The molecule has 7 heteroatoms. The molecule has 5 nitrogen and oxygen atoms in total. The van der Waals surface area contributed by atoms with E-state index in [-0.39, 0.29) is 5.75 Å². The first-order chi connectivity index (χ1) is 8.40. The summed E-state index contributed by atoms with van der Waals surface area (Å²) in [5.74, 6) is -0.399. The van der Waals surface area contributed by atoms with Gasteiger partial charge < -0.3 is 9.87 Å². The molecule has 1 aromatic carbocycles. The fraction of sp³-hybridized carbons (Fsp3) is 0.273. The van der Waals surface area contributed by atoms with E-state index < -0.39 is 28.7 Å². The maximum atomic E-state index is 12.1. The number of benzene rings is 1. The number of carbonyl (C=O) groups excluding carboxylic acids is 2. The van der Waals surface area contributed by atoms with Crippen LogP contribution in [0, 0.1) is 0 Å². The molecule has 2 atom stereocenters. The van der Waals surface area contributed by atoms with Gasteiger partial charge in [0.15, 0.2) is 10.4 Å². The summed E-state index contributed by atoms with van der Waals surface area (Å²) < 4.78 is 13.0. The summed E-state index contributed by atoms with van der Waals surface area (Å²) >= 11 is 1.94. The Morgan fingerprint density at radius 1 is 1.33 bits per heavy atom. The van der Waals surface area contributed by atoms with Crippen molar-refractivity contribution in [1.29, 1.82) is 0 Å². The summed E-state index contributed by atoms with van der Waals surface area (Å²) in [5, 5.41) is 4.63. The third-order valence-corrected chi connectivity index (χ3v) is 4.78. The van der Waals surface area contributed by atoms with E-state index in [2.05, 4.69) is 26.6 Å². The average Bonchev–Trinajstić information content (AvgIpc) is 2.53. The zero-order valence-electron chi connectivity index (χ0n) is 9.53. The molecule has 0 radical (unpaired) electrons. The molecule has 0 saturated carbocycles. The second-order valence-corrected chi connectivity index (χ2v) is 6.55. The Hall–Kier alpha value is -1.05. The smallest absolute Gasteiger partial charge is 0.322 e. The first-order valence-electron chi connectivity index (χ1n) is 5.18. The van der Waals surface area contributed by atoms with Gasteiger partial charge in [-0.3, -0.25) is 10.1 Å². The Labute approximate surface area is 116 Å². The summed E-state index contributed by atoms with van der Waals surface area (Å²) in [7, 11) is 0. The van der Waals surface area contributed by atoms with Crippen molar-refractivity contribution in [3.05, 3.63) is 28.7 Å². The van der Waals surface area contributed by atoms with Gasteiger partial charge in [-0.25, -0.2) is 4.79 Å². The highest BCUT2D eigenvalue weighted by atomic mass is 79.9. The second kappa shape index (κ2) is 4.91. The van der Waals surface area contributed by atoms with Crippen molar-refractivity contribution < 1.29 is 14.1 Å². The van der Waals surface area contributed by atoms with Gasteiger partial charge in [-0.2, -0.15) is 0 Å². The molecular formula is C11H11BrN2O3S. The van der Waals surface area contributed by atoms with Crippen molar-refractivity contribution in [2.75, 3.05) is 5.75 Å². The molecule has 2 rings (SSSR count). The molecular weight excluding hydrogens is 320 g/mol. The van der Waals surface area contributed by atoms with Crippen LogP contribution < -0.4 is 10.6 Å². The number of rotatable bonds is 3. The lowest BCUT2D eigenvalue weighted by Crippen LogP contribution is -2.49. The van der Waals surface area contributed by atoms with Crippen LogP contribution in [0.5, 0.6) is 0 Å². The van der Waals surface area contributed by atoms with Crippen LogP contribution in [0.25, 0.3) is 0 Å². The van der Waals surface area contributed by atoms with E-state index in [4.69, 9.17) is 0 Å². The Kier molecular flexibility index (Phi) is 3.65. The Morgan fingerprint density at radius 3 is 2.44 bits per heavy atom. The molecule has 0 aliphatic carbocycles. The van der Waals surface area contributed by atoms with Crippen molar-refractivity contribution in [2.45, 2.75) is 17.4 Å². The topological polar surface area (TPSA) is 81.3 Å². The molecule has 96 valence electrons. The minimum atomic E-state index is -1.35. The molecule has 18 heavy (non-hydrogen) atoms. The van der Waals surface area contributed by atoms with E-state index in [1.807, 2.05) is 0 Å². The molecule has 1 fully saturated rings. The fourth-order valence-corrected chi connectivity index (χ4v) is 3.21. The van der Waals surface area contributed by atoms with Gasteiger partial charge in [0, 0.05) is 4.47 Å². The molecule has 0 bridgehead atoms. The molecule has 0 aromatic heterocycles. The number of urea groups is 1. The Morgan fingerprint density at radius 2 is 1.94 bits per heavy atom. The normalized spacial score (nSPS) is 24.6. The SMILES string of the molecule is CC1(C[S+]([O-])c2ccc(Br)cc2)NC(=O)NC1=O. The summed E-state index contributed by atoms with van der Waals surface area (Å²) in [6.45, 7) is 1.56. The van der Waals surface area contributed by atoms with Gasteiger partial charge in [-0.15, -0.1) is 0 Å². The lowest BCUT2D eigenvalue weighted by atomic mass is 10.1. The van der Waals surface area contributed by atoms with Crippen LogP contribution in [0.4, 0.5) is 4.79 Å². The van der Waals surface area contributed by atoms with Gasteiger partial charge in [0.2, 0.25) is 0 Å². The van der Waals surface area contributed by atoms with E-state index in [1.54, 1.807) is 31.2 Å². The minimum absolute atomic E-state index is 0.0478. The van der Waals surface area contributed by atoms with E-state index in [9.17, 15) is 14.1 Å². The second-order valence-electron chi connectivity index (χ2n) is 4.18. The molecule has 2 unspecified atom stereocenters. The Balaban J connectivity index is 2.12. The number of nitrogens with one attached hydrogen (secondary N) is 2. The van der Waals surface area contributed by atoms with E-state index in [0.29, 0.717) is 4.90 Å². The first-order valence-corrected chi connectivity index (χ1v) is 7.29. The summed E-state index contributed by atoms with van der Waals surface area (Å²) in [6.07, 6.45) is 0. The monoisotopic (exact) mass is 330 g/mol. The molecule has 1 aliphatic heterocycles. The van der Waals surface area contributed by atoms with Gasteiger partial charge in [0.05, 0.1) is 0 Å². The minimum Gasteiger partial charge on any atom is -0.611 e. The van der Waals surface area contributed by atoms with Gasteiger partial charge in [0.25, 0.3) is 5.91 Å². The van der Waals surface area contributed by atoms with Crippen molar-refractivity contribution in [3.63, 3.8) is 0 Å². The van der Waals surface area contributed by atoms with Crippen molar-refractivity contribution >= 4 is 39.0 Å². The van der Waals surface area contributed by atoms with Crippen LogP contribution in [-0.2, 0) is 16.0 Å². The molecule has 1 saturated heterocycles. The van der Waals surface area contributed by atoms with Crippen molar-refractivity contribution in [3.8, 4) is 0 Å². The predicted octanol–water partition coefficient (Wildman–Crippen LogP) is 1.15. The third-order valence-electron chi connectivity index (χ3n) is 2.61. The van der Waals surface area contributed by atoms with E-state index in [0.717, 1.165) is 4.47 Å². The number of imide groups is 1. The first kappa shape index (κ1) is 13.4. The lowest BCUT2D eigenvalue weighted by Gasteiger charge is -2.21. The fourth-order valence-electron chi connectivity index (χ4n) is 1.61. The lowest BCUT2D eigenvalue weighted by molar-refractivity contribution is -0.122. The molecule has 1 heterocycles. The van der Waals surface area contributed by atoms with E-state index >= 15 is 0 Å². The van der Waals surface area contributed by atoms with Gasteiger partial charge in [0.1, 0.15) is 5.75 Å². The number of hydrogen-bond donors (Lipinski definition) is 2. The van der Waals surface area contributed by atoms with Crippen LogP contribution in [0.15, 0.2) is 33.6 Å². The predicted molar refractivity (Wildman–Crippen MR) is 70.5 cm³/mol. The maximum Gasteiger partial charge on any atom is 0.322 e. The van der Waals surface area contributed by atoms with Crippen LogP contribution in [-0.4, -0.2) is 27.8 Å². The maximum absolute atomic E-state index is 12.1. The van der Waals surface area contributed by atoms with Crippen molar-refractivity contribution in [2.24, 2.45) is 0 Å². The zero-order valence-corrected chi connectivity index (χ0v) is 11.9.